The number of hydrogen-bond donors (Lipinski definition) is 1. The van der Waals surface area contributed by atoms with E-state index in [2.05, 4.69) is 37.8 Å². The minimum absolute atomic E-state index is 0.455. The van der Waals surface area contributed by atoms with Crippen LogP contribution in [0.2, 0.25) is 0 Å². The molecule has 1 heterocycles. The van der Waals surface area contributed by atoms with Gasteiger partial charge in [0, 0.05) is 11.8 Å². The van der Waals surface area contributed by atoms with Crippen LogP contribution in [0.1, 0.15) is 40.0 Å². The number of hydrogen-bond acceptors (Lipinski definition) is 2. The van der Waals surface area contributed by atoms with E-state index in [4.69, 9.17) is 0 Å². The van der Waals surface area contributed by atoms with E-state index in [0.29, 0.717) is 4.87 Å². The summed E-state index contributed by atoms with van der Waals surface area (Å²) in [7, 11) is 0. The quantitative estimate of drug-likeness (QED) is 0.644. The topological polar surface area (TPSA) is 12.0 Å². The van der Waals surface area contributed by atoms with Crippen molar-refractivity contribution >= 4 is 11.8 Å². The molecule has 2 rings (SSSR count). The van der Waals surface area contributed by atoms with E-state index in [-0.39, 0.29) is 0 Å². The Morgan fingerprint density at radius 2 is 1.77 bits per heavy atom. The van der Waals surface area contributed by atoms with E-state index < -0.39 is 0 Å². The molecule has 1 aliphatic carbocycles. The Labute approximate surface area is 86.0 Å². The van der Waals surface area contributed by atoms with Crippen LogP contribution in [0.4, 0.5) is 0 Å². The third-order valence-corrected chi connectivity index (χ3v) is 4.95. The van der Waals surface area contributed by atoms with Crippen molar-refractivity contribution in [2.24, 2.45) is 11.8 Å². The maximum absolute atomic E-state index is 3.79. The molecule has 1 nitrogen and oxygen atoms in total. The molecule has 1 aliphatic heterocycles. The molecule has 1 N–H and O–H groups in total. The van der Waals surface area contributed by atoms with Crippen LogP contribution in [-0.4, -0.2) is 16.7 Å². The maximum Gasteiger partial charge on any atom is 0.0653 e. The van der Waals surface area contributed by atoms with Crippen molar-refractivity contribution in [3.05, 3.63) is 0 Å². The summed E-state index contributed by atoms with van der Waals surface area (Å²) in [5.41, 5.74) is 0. The van der Waals surface area contributed by atoms with Gasteiger partial charge in [-0.1, -0.05) is 13.8 Å². The lowest BCUT2D eigenvalue weighted by Crippen LogP contribution is -2.45. The summed E-state index contributed by atoms with van der Waals surface area (Å²) in [6.45, 7) is 7.12. The van der Waals surface area contributed by atoms with Crippen molar-refractivity contribution in [3.63, 3.8) is 0 Å². The molecular weight excluding hydrogens is 178 g/mol. The van der Waals surface area contributed by atoms with Crippen LogP contribution in [0.25, 0.3) is 0 Å². The van der Waals surface area contributed by atoms with Crippen LogP contribution in [-0.2, 0) is 0 Å². The average Bonchev–Trinajstić information content (AvgIpc) is 2.28. The van der Waals surface area contributed by atoms with Crippen LogP contribution in [0.15, 0.2) is 0 Å². The maximum atomic E-state index is 3.79. The molecule has 13 heavy (non-hydrogen) atoms. The first-order valence-corrected chi connectivity index (χ1v) is 6.50. The summed E-state index contributed by atoms with van der Waals surface area (Å²) in [5, 5.41) is 3.79. The van der Waals surface area contributed by atoms with Gasteiger partial charge in [-0.2, -0.15) is 0 Å². The highest BCUT2D eigenvalue weighted by atomic mass is 32.2. The predicted octanol–water partition coefficient (Wildman–Crippen LogP) is 2.86. The van der Waals surface area contributed by atoms with Crippen LogP contribution in [0.3, 0.4) is 0 Å². The highest BCUT2D eigenvalue weighted by Gasteiger charge is 2.42. The molecule has 0 bridgehead atoms. The zero-order chi connectivity index (χ0) is 9.47. The molecule has 76 valence electrons. The normalized spacial score (nSPS) is 51.5. The Balaban J connectivity index is 2.05. The van der Waals surface area contributed by atoms with E-state index in [9.17, 15) is 0 Å². The second kappa shape index (κ2) is 3.47. The van der Waals surface area contributed by atoms with E-state index >= 15 is 0 Å². The number of thioether (sulfide) groups is 1. The zero-order valence-electron chi connectivity index (χ0n) is 8.97. The summed E-state index contributed by atoms with van der Waals surface area (Å²) >= 11 is 2.17. The number of rotatable bonds is 0. The number of nitrogens with one attached hydrogen (secondary N) is 1. The third kappa shape index (κ3) is 2.04. The van der Waals surface area contributed by atoms with E-state index in [1.165, 1.54) is 25.0 Å². The molecule has 3 unspecified atom stereocenters. The Bertz CT molecular complexity index is 183. The fraction of sp³-hybridized carbons (Fsp3) is 1.00. The van der Waals surface area contributed by atoms with Gasteiger partial charge < -0.3 is 0 Å². The molecule has 0 aromatic heterocycles. The van der Waals surface area contributed by atoms with E-state index in [1.54, 1.807) is 0 Å². The summed E-state index contributed by atoms with van der Waals surface area (Å²) in [4.78, 5) is 0.455. The fourth-order valence-electron chi connectivity index (χ4n) is 3.12. The van der Waals surface area contributed by atoms with Crippen LogP contribution in [0.5, 0.6) is 0 Å². The fourth-order valence-corrected chi connectivity index (χ4v) is 4.86. The Kier molecular flexibility index (Phi) is 2.63. The minimum Gasteiger partial charge on any atom is -0.299 e. The van der Waals surface area contributed by atoms with E-state index in [0.717, 1.165) is 17.9 Å². The lowest BCUT2D eigenvalue weighted by molar-refractivity contribution is 0.216. The summed E-state index contributed by atoms with van der Waals surface area (Å²) in [6.07, 6.45) is 4.19. The summed E-state index contributed by atoms with van der Waals surface area (Å²) in [5.74, 6) is 3.13. The SMILES string of the molecule is CC1CC(C)CC2(C1)NC(C)CS2. The van der Waals surface area contributed by atoms with Gasteiger partial charge in [0.1, 0.15) is 0 Å². The van der Waals surface area contributed by atoms with Gasteiger partial charge in [-0.15, -0.1) is 11.8 Å². The largest absolute Gasteiger partial charge is 0.299 e. The Morgan fingerprint density at radius 1 is 1.15 bits per heavy atom. The molecule has 3 atom stereocenters. The second-order valence-electron chi connectivity index (χ2n) is 5.20. The zero-order valence-corrected chi connectivity index (χ0v) is 9.79. The van der Waals surface area contributed by atoms with E-state index in [1.807, 2.05) is 0 Å². The van der Waals surface area contributed by atoms with Crippen molar-refractivity contribution in [1.82, 2.24) is 5.32 Å². The monoisotopic (exact) mass is 199 g/mol. The highest BCUT2D eigenvalue weighted by Crippen LogP contribution is 2.46. The standard InChI is InChI=1S/C11H21NS/c1-8-4-9(2)6-11(5-8)12-10(3)7-13-11/h8-10,12H,4-7H2,1-3H3. The van der Waals surface area contributed by atoms with Gasteiger partial charge in [-0.3, -0.25) is 5.32 Å². The van der Waals surface area contributed by atoms with Crippen molar-refractivity contribution < 1.29 is 0 Å². The summed E-state index contributed by atoms with van der Waals surface area (Å²) in [6, 6.07) is 0.725. The second-order valence-corrected chi connectivity index (χ2v) is 6.61. The lowest BCUT2D eigenvalue weighted by atomic mass is 9.80. The molecule has 0 radical (unpaired) electrons. The molecular formula is C11H21NS. The first-order valence-electron chi connectivity index (χ1n) is 5.51. The van der Waals surface area contributed by atoms with Gasteiger partial charge in [0.15, 0.2) is 0 Å². The molecule has 2 heteroatoms. The van der Waals surface area contributed by atoms with Crippen molar-refractivity contribution in [3.8, 4) is 0 Å². The minimum atomic E-state index is 0.455. The van der Waals surface area contributed by atoms with Crippen LogP contribution >= 0.6 is 11.8 Å². The van der Waals surface area contributed by atoms with Gasteiger partial charge in [0.05, 0.1) is 4.87 Å². The third-order valence-electron chi connectivity index (χ3n) is 3.28. The van der Waals surface area contributed by atoms with Gasteiger partial charge in [-0.05, 0) is 38.0 Å². The summed E-state index contributed by atoms with van der Waals surface area (Å²) < 4.78 is 0. The molecule has 2 fully saturated rings. The predicted molar refractivity (Wildman–Crippen MR) is 60.0 cm³/mol. The van der Waals surface area contributed by atoms with Crippen molar-refractivity contribution in [2.45, 2.75) is 50.9 Å². The van der Waals surface area contributed by atoms with Gasteiger partial charge in [0.2, 0.25) is 0 Å². The molecule has 0 amide bonds. The Hall–Kier alpha value is 0.310. The molecule has 0 aromatic rings. The lowest BCUT2D eigenvalue weighted by Gasteiger charge is -2.40. The first-order chi connectivity index (χ1) is 6.10. The average molecular weight is 199 g/mol. The van der Waals surface area contributed by atoms with Crippen molar-refractivity contribution in [2.75, 3.05) is 5.75 Å². The molecule has 1 spiro atoms. The van der Waals surface area contributed by atoms with Crippen LogP contribution in [0, 0.1) is 11.8 Å². The van der Waals surface area contributed by atoms with Crippen LogP contribution < -0.4 is 5.32 Å². The van der Waals surface area contributed by atoms with Gasteiger partial charge in [0.25, 0.3) is 0 Å². The van der Waals surface area contributed by atoms with Crippen molar-refractivity contribution in [1.29, 1.82) is 0 Å². The van der Waals surface area contributed by atoms with Gasteiger partial charge in [-0.25, -0.2) is 0 Å². The highest BCUT2D eigenvalue weighted by molar-refractivity contribution is 8.00. The molecule has 1 saturated carbocycles. The molecule has 2 aliphatic rings. The molecule has 0 aromatic carbocycles. The molecule has 1 saturated heterocycles. The smallest absolute Gasteiger partial charge is 0.0653 e. The first kappa shape index (κ1) is 9.85. The Morgan fingerprint density at radius 3 is 2.23 bits per heavy atom. The van der Waals surface area contributed by atoms with Gasteiger partial charge >= 0.3 is 0 Å².